The molecule has 0 unspecified atom stereocenters. The molecule has 1 aliphatic heterocycles. The van der Waals surface area contributed by atoms with Crippen LogP contribution < -0.4 is 4.74 Å². The molecule has 0 fully saturated rings. The predicted octanol–water partition coefficient (Wildman–Crippen LogP) is 5.98. The molecule has 0 bridgehead atoms. The van der Waals surface area contributed by atoms with Crippen LogP contribution in [0.25, 0.3) is 6.08 Å². The minimum absolute atomic E-state index is 0.244. The van der Waals surface area contributed by atoms with E-state index < -0.39 is 5.97 Å². The maximum Gasteiger partial charge on any atom is 0.363 e. The van der Waals surface area contributed by atoms with Gasteiger partial charge in [-0.15, -0.1) is 0 Å². The Morgan fingerprint density at radius 1 is 1.03 bits per heavy atom. The predicted molar refractivity (Wildman–Crippen MR) is 125 cm³/mol. The van der Waals surface area contributed by atoms with Gasteiger partial charge in [-0.2, -0.15) is 0 Å². The zero-order valence-corrected chi connectivity index (χ0v) is 18.9. The van der Waals surface area contributed by atoms with Crippen molar-refractivity contribution in [2.45, 2.75) is 6.61 Å². The second-order valence-corrected chi connectivity index (χ2v) is 8.46. The smallest absolute Gasteiger partial charge is 0.363 e. The zero-order valence-electron chi connectivity index (χ0n) is 15.1. The Kier molecular flexibility index (Phi) is 6.10. The highest BCUT2D eigenvalue weighted by molar-refractivity contribution is 14.1. The average molecular weight is 560 g/mol. The van der Waals surface area contributed by atoms with Crippen LogP contribution in [0.4, 0.5) is 0 Å². The molecule has 0 spiro atoms. The number of carbonyl (C=O) groups is 1. The fourth-order valence-corrected chi connectivity index (χ4v) is 3.66. The van der Waals surface area contributed by atoms with E-state index in [-0.39, 0.29) is 5.70 Å². The van der Waals surface area contributed by atoms with E-state index in [0.717, 1.165) is 24.7 Å². The summed E-state index contributed by atoms with van der Waals surface area (Å²) in [6.07, 6.45) is 1.69. The Balaban J connectivity index is 1.57. The van der Waals surface area contributed by atoms with Crippen molar-refractivity contribution >= 4 is 56.5 Å². The number of hydrogen-bond acceptors (Lipinski definition) is 4. The fourth-order valence-electron chi connectivity index (χ4n) is 2.79. The van der Waals surface area contributed by atoms with E-state index >= 15 is 0 Å². The van der Waals surface area contributed by atoms with Crippen molar-refractivity contribution < 1.29 is 14.3 Å². The summed E-state index contributed by atoms with van der Waals surface area (Å²) in [5.74, 6) is 0.500. The summed E-state index contributed by atoms with van der Waals surface area (Å²) in [4.78, 5) is 16.7. The zero-order chi connectivity index (χ0) is 20.2. The first-order chi connectivity index (χ1) is 14.1. The first-order valence-corrected chi connectivity index (χ1v) is 10.7. The monoisotopic (exact) mass is 559 g/mol. The molecule has 0 saturated carbocycles. The summed E-state index contributed by atoms with van der Waals surface area (Å²) in [6.45, 7) is 0.439. The number of rotatable bonds is 5. The summed E-state index contributed by atoms with van der Waals surface area (Å²) in [5, 5.41) is 0. The number of para-hydroxylation sites is 1. The molecule has 0 saturated heterocycles. The summed E-state index contributed by atoms with van der Waals surface area (Å²) < 4.78 is 13.4. The van der Waals surface area contributed by atoms with Crippen LogP contribution in [0.1, 0.15) is 16.7 Å². The highest BCUT2D eigenvalue weighted by atomic mass is 127. The molecule has 1 heterocycles. The highest BCUT2D eigenvalue weighted by Gasteiger charge is 2.24. The van der Waals surface area contributed by atoms with Gasteiger partial charge in [0.1, 0.15) is 12.4 Å². The number of ether oxygens (including phenoxy) is 2. The summed E-state index contributed by atoms with van der Waals surface area (Å²) in [5.41, 5.74) is 2.84. The van der Waals surface area contributed by atoms with Gasteiger partial charge in [0, 0.05) is 19.2 Å². The van der Waals surface area contributed by atoms with Crippen molar-refractivity contribution in [2.24, 2.45) is 4.99 Å². The number of carbonyl (C=O) groups excluding carboxylic acids is 1. The van der Waals surface area contributed by atoms with E-state index in [4.69, 9.17) is 9.47 Å². The third-order valence-electron chi connectivity index (χ3n) is 4.21. The van der Waals surface area contributed by atoms with E-state index in [1.165, 1.54) is 0 Å². The summed E-state index contributed by atoms with van der Waals surface area (Å²) in [7, 11) is 0. The molecule has 1 aliphatic rings. The van der Waals surface area contributed by atoms with Gasteiger partial charge in [0.15, 0.2) is 5.70 Å². The van der Waals surface area contributed by atoms with Gasteiger partial charge in [-0.05, 0) is 76.7 Å². The first kappa shape index (κ1) is 19.8. The largest absolute Gasteiger partial charge is 0.488 e. The summed E-state index contributed by atoms with van der Waals surface area (Å²) in [6, 6.07) is 23.1. The molecule has 6 heteroatoms. The Bertz CT molecular complexity index is 1120. The lowest BCUT2D eigenvalue weighted by atomic mass is 10.1. The molecule has 0 aromatic heterocycles. The standard InChI is InChI=1S/C23H15BrINO3/c24-18-10-8-16(9-11-18)22-26-20(23(27)29-22)13-17-5-1-2-7-21(17)28-14-15-4-3-6-19(25)12-15/h1-13H,14H2/b20-13-. The van der Waals surface area contributed by atoms with Gasteiger partial charge >= 0.3 is 5.97 Å². The fraction of sp³-hybridized carbons (Fsp3) is 0.0435. The lowest BCUT2D eigenvalue weighted by Crippen LogP contribution is -2.05. The molecule has 29 heavy (non-hydrogen) atoms. The van der Waals surface area contributed by atoms with E-state index in [1.807, 2.05) is 66.7 Å². The molecular weight excluding hydrogens is 545 g/mol. The van der Waals surface area contributed by atoms with Gasteiger partial charge < -0.3 is 9.47 Å². The molecule has 0 radical (unpaired) electrons. The van der Waals surface area contributed by atoms with Gasteiger partial charge in [0.25, 0.3) is 0 Å². The van der Waals surface area contributed by atoms with E-state index in [1.54, 1.807) is 6.08 Å². The van der Waals surface area contributed by atoms with Gasteiger partial charge in [0.05, 0.1) is 0 Å². The normalized spacial score (nSPS) is 14.6. The molecule has 3 aromatic rings. The second kappa shape index (κ2) is 8.92. The molecule has 0 N–H and O–H groups in total. The van der Waals surface area contributed by atoms with Crippen molar-refractivity contribution in [1.82, 2.24) is 0 Å². The highest BCUT2D eigenvalue weighted by Crippen LogP contribution is 2.26. The van der Waals surface area contributed by atoms with Crippen molar-refractivity contribution in [2.75, 3.05) is 0 Å². The van der Waals surface area contributed by atoms with Crippen LogP contribution in [-0.2, 0) is 16.1 Å². The molecule has 4 rings (SSSR count). The van der Waals surface area contributed by atoms with Crippen molar-refractivity contribution in [3.8, 4) is 5.75 Å². The van der Waals surface area contributed by atoms with Crippen molar-refractivity contribution in [3.63, 3.8) is 0 Å². The second-order valence-electron chi connectivity index (χ2n) is 6.30. The third-order valence-corrected chi connectivity index (χ3v) is 5.41. The number of hydrogen-bond donors (Lipinski definition) is 0. The lowest BCUT2D eigenvalue weighted by molar-refractivity contribution is -0.129. The Labute approximate surface area is 190 Å². The van der Waals surface area contributed by atoms with Gasteiger partial charge in [-0.1, -0.05) is 46.3 Å². The number of benzene rings is 3. The van der Waals surface area contributed by atoms with Crippen LogP contribution in [0.5, 0.6) is 5.75 Å². The van der Waals surface area contributed by atoms with Crippen LogP contribution in [0, 0.1) is 3.57 Å². The quantitative estimate of drug-likeness (QED) is 0.219. The molecule has 0 amide bonds. The Hall–Kier alpha value is -2.45. The molecule has 0 atom stereocenters. The van der Waals surface area contributed by atoms with Crippen LogP contribution in [-0.4, -0.2) is 11.9 Å². The third kappa shape index (κ3) is 4.94. The number of halogens is 2. The van der Waals surface area contributed by atoms with Gasteiger partial charge in [-0.3, -0.25) is 0 Å². The SMILES string of the molecule is O=C1OC(c2ccc(Br)cc2)=N/C1=C\c1ccccc1OCc1cccc(I)c1. The Morgan fingerprint density at radius 3 is 2.62 bits per heavy atom. The van der Waals surface area contributed by atoms with Gasteiger partial charge in [0.2, 0.25) is 5.90 Å². The molecule has 0 aliphatic carbocycles. The maximum absolute atomic E-state index is 12.3. The summed E-state index contributed by atoms with van der Waals surface area (Å²) >= 11 is 5.67. The minimum atomic E-state index is -0.477. The van der Waals surface area contributed by atoms with Crippen LogP contribution in [0.2, 0.25) is 0 Å². The Morgan fingerprint density at radius 2 is 1.83 bits per heavy atom. The topological polar surface area (TPSA) is 47.9 Å². The van der Waals surface area contributed by atoms with Crippen LogP contribution in [0.3, 0.4) is 0 Å². The van der Waals surface area contributed by atoms with Crippen LogP contribution in [0.15, 0.2) is 88.0 Å². The number of cyclic esters (lactones) is 1. The molecule has 144 valence electrons. The van der Waals surface area contributed by atoms with Crippen LogP contribution >= 0.6 is 38.5 Å². The number of nitrogens with zero attached hydrogens (tertiary/aromatic N) is 1. The van der Waals surface area contributed by atoms with E-state index in [0.29, 0.717) is 18.3 Å². The molecule has 3 aromatic carbocycles. The van der Waals surface area contributed by atoms with E-state index in [9.17, 15) is 4.79 Å². The molecular formula is C23H15BrINO3. The number of esters is 1. The van der Waals surface area contributed by atoms with Crippen molar-refractivity contribution in [1.29, 1.82) is 0 Å². The first-order valence-electron chi connectivity index (χ1n) is 8.83. The van der Waals surface area contributed by atoms with Crippen molar-refractivity contribution in [3.05, 3.63) is 103 Å². The van der Waals surface area contributed by atoms with E-state index in [2.05, 4.69) is 49.6 Å². The number of aliphatic imine (C=N–C) groups is 1. The van der Waals surface area contributed by atoms with Gasteiger partial charge in [-0.25, -0.2) is 9.79 Å². The lowest BCUT2D eigenvalue weighted by Gasteiger charge is -2.09. The maximum atomic E-state index is 12.3. The molecule has 4 nitrogen and oxygen atoms in total. The average Bonchev–Trinajstić information content (AvgIpc) is 3.08. The minimum Gasteiger partial charge on any atom is -0.488 e.